The van der Waals surface area contributed by atoms with Gasteiger partial charge in [0.25, 0.3) is 0 Å². The van der Waals surface area contributed by atoms with Crippen molar-refractivity contribution in [3.8, 4) is 0 Å². The van der Waals surface area contributed by atoms with Crippen molar-refractivity contribution in [2.24, 2.45) is 0 Å². The van der Waals surface area contributed by atoms with Crippen LogP contribution in [0, 0.1) is 0 Å². The molecule has 0 bridgehead atoms. The lowest BCUT2D eigenvalue weighted by atomic mass is 10.0. The third kappa shape index (κ3) is 3.01. The fraction of sp³-hybridized carbons (Fsp3) is 0.667. The van der Waals surface area contributed by atoms with Crippen LogP contribution in [0.2, 0.25) is 0 Å². The maximum Gasteiger partial charge on any atom is 0.0113 e. The molecule has 0 aromatic heterocycles. The summed E-state index contributed by atoms with van der Waals surface area (Å²) in [5.41, 5.74) is 1.60. The third-order valence-corrected chi connectivity index (χ3v) is 6.78. The molecule has 0 radical (unpaired) electrons. The van der Waals surface area contributed by atoms with E-state index < -0.39 is 0 Å². The number of hydrogen-bond acceptors (Lipinski definition) is 3. The highest BCUT2D eigenvalue weighted by molar-refractivity contribution is 7.99. The fourth-order valence-electron chi connectivity index (χ4n) is 4.27. The van der Waals surface area contributed by atoms with E-state index in [4.69, 9.17) is 0 Å². The number of piperazine rings is 1. The van der Waals surface area contributed by atoms with Crippen molar-refractivity contribution < 1.29 is 0 Å². The normalized spacial score (nSPS) is 28.1. The maximum absolute atomic E-state index is 2.76. The van der Waals surface area contributed by atoms with Crippen molar-refractivity contribution in [2.75, 3.05) is 38.5 Å². The summed E-state index contributed by atoms with van der Waals surface area (Å²) >= 11 is 2.05. The van der Waals surface area contributed by atoms with Crippen molar-refractivity contribution in [3.63, 3.8) is 0 Å². The molecular weight excluding hydrogens is 276 g/mol. The van der Waals surface area contributed by atoms with E-state index in [-0.39, 0.29) is 0 Å². The molecule has 0 spiro atoms. The minimum Gasteiger partial charge on any atom is -0.300 e. The van der Waals surface area contributed by atoms with Crippen molar-refractivity contribution in [3.05, 3.63) is 29.8 Å². The van der Waals surface area contributed by atoms with Gasteiger partial charge < -0.3 is 4.90 Å². The Bertz CT molecular complexity index is 476. The fourth-order valence-corrected chi connectivity index (χ4v) is 5.51. The summed E-state index contributed by atoms with van der Waals surface area (Å²) in [5.74, 6) is 2.03. The summed E-state index contributed by atoms with van der Waals surface area (Å²) in [7, 11) is 0. The molecule has 3 heteroatoms. The molecular formula is C18H26N2S. The number of thioether (sulfide) groups is 1. The second kappa shape index (κ2) is 6.31. The Morgan fingerprint density at radius 2 is 1.76 bits per heavy atom. The van der Waals surface area contributed by atoms with E-state index in [0.717, 1.165) is 12.0 Å². The molecule has 1 unspecified atom stereocenters. The monoisotopic (exact) mass is 302 g/mol. The molecule has 0 amide bonds. The molecule has 21 heavy (non-hydrogen) atoms. The number of hydrogen-bond donors (Lipinski definition) is 0. The van der Waals surface area contributed by atoms with Gasteiger partial charge in [0.05, 0.1) is 0 Å². The first kappa shape index (κ1) is 14.1. The molecule has 2 nitrogen and oxygen atoms in total. The summed E-state index contributed by atoms with van der Waals surface area (Å²) in [6.45, 7) is 6.42. The van der Waals surface area contributed by atoms with Gasteiger partial charge >= 0.3 is 0 Å². The average Bonchev–Trinajstić information content (AvgIpc) is 3.19. The maximum atomic E-state index is 2.76. The number of fused-ring (bicyclic) bond motifs is 1. The van der Waals surface area contributed by atoms with Gasteiger partial charge in [0.1, 0.15) is 0 Å². The number of rotatable bonds is 3. The van der Waals surface area contributed by atoms with Gasteiger partial charge in [-0.1, -0.05) is 31.0 Å². The zero-order chi connectivity index (χ0) is 14.1. The molecule has 4 rings (SSSR count). The molecule has 2 heterocycles. The van der Waals surface area contributed by atoms with Crippen LogP contribution in [-0.4, -0.2) is 54.3 Å². The molecule has 1 aromatic carbocycles. The lowest BCUT2D eigenvalue weighted by Gasteiger charge is -2.39. The van der Waals surface area contributed by atoms with Crippen LogP contribution in [0.5, 0.6) is 0 Å². The van der Waals surface area contributed by atoms with Crippen LogP contribution >= 0.6 is 11.8 Å². The van der Waals surface area contributed by atoms with Crippen LogP contribution < -0.4 is 0 Å². The Hall–Kier alpha value is -0.510. The highest BCUT2D eigenvalue weighted by atomic mass is 32.2. The van der Waals surface area contributed by atoms with Crippen LogP contribution in [0.15, 0.2) is 29.2 Å². The molecule has 0 N–H and O–H groups in total. The molecule has 3 aliphatic rings. The molecule has 2 fully saturated rings. The van der Waals surface area contributed by atoms with Gasteiger partial charge in [-0.15, -0.1) is 11.8 Å². The molecule has 1 atom stereocenters. The zero-order valence-electron chi connectivity index (χ0n) is 12.8. The van der Waals surface area contributed by atoms with Gasteiger partial charge in [-0.2, -0.15) is 0 Å². The van der Waals surface area contributed by atoms with Gasteiger partial charge in [-0.25, -0.2) is 0 Å². The molecule has 2 aliphatic heterocycles. The van der Waals surface area contributed by atoms with Crippen molar-refractivity contribution >= 4 is 11.8 Å². The van der Waals surface area contributed by atoms with Crippen LogP contribution in [-0.2, 0) is 0 Å². The SMILES string of the molecule is c1ccc2c(c1)SCC2CN1CCN(C2CCCC2)CC1. The Morgan fingerprint density at radius 3 is 2.57 bits per heavy atom. The van der Waals surface area contributed by atoms with Gasteiger partial charge in [-0.05, 0) is 24.5 Å². The summed E-state index contributed by atoms with van der Waals surface area (Å²) in [4.78, 5) is 6.99. The van der Waals surface area contributed by atoms with Gasteiger partial charge in [-0.3, -0.25) is 4.90 Å². The van der Waals surface area contributed by atoms with E-state index in [2.05, 4.69) is 34.1 Å². The second-order valence-corrected chi connectivity index (χ2v) is 7.88. The highest BCUT2D eigenvalue weighted by Crippen LogP contribution is 2.39. The summed E-state index contributed by atoms with van der Waals surface area (Å²) in [5, 5.41) is 0. The summed E-state index contributed by atoms with van der Waals surface area (Å²) in [6.07, 6.45) is 5.82. The quantitative estimate of drug-likeness (QED) is 0.844. The average molecular weight is 302 g/mol. The van der Waals surface area contributed by atoms with E-state index in [1.807, 2.05) is 11.8 Å². The number of benzene rings is 1. The molecule has 114 valence electrons. The lowest BCUT2D eigenvalue weighted by molar-refractivity contribution is 0.0952. The first-order valence-corrected chi connectivity index (χ1v) is 9.57. The van der Waals surface area contributed by atoms with Crippen molar-refractivity contribution in [1.29, 1.82) is 0 Å². The topological polar surface area (TPSA) is 6.48 Å². The van der Waals surface area contributed by atoms with E-state index >= 15 is 0 Å². The van der Waals surface area contributed by atoms with E-state index in [1.165, 1.54) is 69.1 Å². The van der Waals surface area contributed by atoms with Crippen LogP contribution in [0.4, 0.5) is 0 Å². The summed E-state index contributed by atoms with van der Waals surface area (Å²) < 4.78 is 0. The van der Waals surface area contributed by atoms with Crippen molar-refractivity contribution in [2.45, 2.75) is 42.5 Å². The lowest BCUT2D eigenvalue weighted by Crippen LogP contribution is -2.50. The minimum absolute atomic E-state index is 0.754. The van der Waals surface area contributed by atoms with Gasteiger partial charge in [0.15, 0.2) is 0 Å². The van der Waals surface area contributed by atoms with Crippen LogP contribution in [0.1, 0.15) is 37.2 Å². The first-order chi connectivity index (χ1) is 10.4. The van der Waals surface area contributed by atoms with Crippen molar-refractivity contribution in [1.82, 2.24) is 9.80 Å². The minimum atomic E-state index is 0.754. The molecule has 1 saturated carbocycles. The Balaban J connectivity index is 1.31. The molecule has 1 aromatic rings. The Morgan fingerprint density at radius 1 is 1.00 bits per heavy atom. The Kier molecular flexibility index (Phi) is 4.24. The summed E-state index contributed by atoms with van der Waals surface area (Å²) in [6, 6.07) is 9.92. The highest BCUT2D eigenvalue weighted by Gasteiger charge is 2.29. The van der Waals surface area contributed by atoms with Crippen LogP contribution in [0.25, 0.3) is 0 Å². The van der Waals surface area contributed by atoms with Gasteiger partial charge in [0, 0.05) is 55.3 Å². The third-order valence-electron chi connectivity index (χ3n) is 5.53. The molecule has 1 saturated heterocycles. The predicted octanol–water partition coefficient (Wildman–Crippen LogP) is 3.44. The molecule has 1 aliphatic carbocycles. The zero-order valence-corrected chi connectivity index (χ0v) is 13.7. The van der Waals surface area contributed by atoms with E-state index in [1.54, 1.807) is 5.56 Å². The number of nitrogens with zero attached hydrogens (tertiary/aromatic N) is 2. The largest absolute Gasteiger partial charge is 0.300 e. The first-order valence-electron chi connectivity index (χ1n) is 8.58. The smallest absolute Gasteiger partial charge is 0.0113 e. The second-order valence-electron chi connectivity index (χ2n) is 6.82. The standard InChI is InChI=1S/C18H26N2S/c1-2-6-16(5-1)20-11-9-19(10-12-20)13-15-14-21-18-8-4-3-7-17(15)18/h3-4,7-8,15-16H,1-2,5-6,9-14H2. The van der Waals surface area contributed by atoms with Gasteiger partial charge in [0.2, 0.25) is 0 Å². The van der Waals surface area contributed by atoms with Crippen LogP contribution in [0.3, 0.4) is 0 Å². The van der Waals surface area contributed by atoms with E-state index in [0.29, 0.717) is 0 Å². The predicted molar refractivity (Wildman–Crippen MR) is 90.2 cm³/mol. The Labute approximate surface area is 132 Å². The van der Waals surface area contributed by atoms with E-state index in [9.17, 15) is 0 Å².